The molecule has 0 aromatic heterocycles. The van der Waals surface area contributed by atoms with Crippen molar-refractivity contribution in [2.75, 3.05) is 13.1 Å². The summed E-state index contributed by atoms with van der Waals surface area (Å²) in [5.74, 6) is -1.94. The lowest BCUT2D eigenvalue weighted by Gasteiger charge is -2.34. The molecule has 1 unspecified atom stereocenters. The summed E-state index contributed by atoms with van der Waals surface area (Å²) in [7, 11) is -4.13. The van der Waals surface area contributed by atoms with Gasteiger partial charge in [-0.1, -0.05) is 35.9 Å². The molecule has 0 radical (unpaired) electrons. The molecule has 0 fully saturated rings. The Morgan fingerprint density at radius 3 is 2.64 bits per heavy atom. The molecule has 2 atom stereocenters. The number of nitrogens with one attached hydrogen (secondary N) is 3. The molecule has 1 amide bonds. The number of hydrogen-bond acceptors (Lipinski definition) is 6. The maximum atomic E-state index is 13.7. The molecular formula is C26H33Cl2N5O5S. The van der Waals surface area contributed by atoms with Crippen LogP contribution in [0.5, 0.6) is 0 Å². The molecule has 4 rings (SSSR count). The Hall–Kier alpha value is -2.96. The number of rotatable bonds is 8. The number of fused-ring (bicyclic) bond motifs is 1. The lowest BCUT2D eigenvalue weighted by atomic mass is 9.98. The van der Waals surface area contributed by atoms with Gasteiger partial charge < -0.3 is 21.1 Å². The highest BCUT2D eigenvalue weighted by Gasteiger charge is 2.37. The number of nitrogens with two attached hydrogens (primary N) is 1. The number of hydrogen-bond donors (Lipinski definition) is 5. The van der Waals surface area contributed by atoms with Crippen LogP contribution in [0.2, 0.25) is 0 Å². The molecule has 0 bridgehead atoms. The molecule has 2 aromatic rings. The van der Waals surface area contributed by atoms with Crippen molar-refractivity contribution < 1.29 is 23.1 Å². The van der Waals surface area contributed by atoms with Gasteiger partial charge in [-0.05, 0) is 67.6 Å². The number of benzene rings is 2. The molecule has 0 spiro atoms. The van der Waals surface area contributed by atoms with E-state index in [1.807, 2.05) is 0 Å². The molecule has 6 N–H and O–H groups in total. The second kappa shape index (κ2) is 13.4. The first-order chi connectivity index (χ1) is 17.5. The largest absolute Gasteiger partial charge is 0.480 e. The number of halogens is 2. The van der Waals surface area contributed by atoms with Gasteiger partial charge >= 0.3 is 5.97 Å². The molecule has 0 saturated heterocycles. The Labute approximate surface area is 240 Å². The van der Waals surface area contributed by atoms with Gasteiger partial charge in [-0.2, -0.15) is 4.72 Å². The molecule has 10 nitrogen and oxygen atoms in total. The molecule has 2 aromatic carbocycles. The number of carbonyl (C=O) groups excluding carboxylic acids is 1. The first-order valence-electron chi connectivity index (χ1n) is 12.0. The fourth-order valence-corrected chi connectivity index (χ4v) is 5.94. The van der Waals surface area contributed by atoms with E-state index < -0.39 is 34.0 Å². The Morgan fingerprint density at radius 2 is 1.95 bits per heavy atom. The fourth-order valence-electron chi connectivity index (χ4n) is 4.70. The Balaban J connectivity index is 0.00000267. The molecule has 0 saturated carbocycles. The summed E-state index contributed by atoms with van der Waals surface area (Å²) in [5.41, 5.74) is 9.44. The summed E-state index contributed by atoms with van der Waals surface area (Å²) in [6, 6.07) is 9.20. The van der Waals surface area contributed by atoms with Gasteiger partial charge in [0.25, 0.3) is 0 Å². The van der Waals surface area contributed by atoms with E-state index in [0.717, 1.165) is 29.7 Å². The Bertz CT molecular complexity index is 1380. The van der Waals surface area contributed by atoms with Crippen LogP contribution < -0.4 is 15.8 Å². The molecule has 39 heavy (non-hydrogen) atoms. The summed E-state index contributed by atoms with van der Waals surface area (Å²) in [6.45, 7) is 3.24. The van der Waals surface area contributed by atoms with Crippen molar-refractivity contribution in [3.8, 4) is 0 Å². The monoisotopic (exact) mass is 597 g/mol. The minimum absolute atomic E-state index is 0. The van der Waals surface area contributed by atoms with Crippen LogP contribution in [0.25, 0.3) is 0 Å². The molecule has 13 heteroatoms. The lowest BCUT2D eigenvalue weighted by Crippen LogP contribution is -2.55. The highest BCUT2D eigenvalue weighted by Crippen LogP contribution is 2.23. The van der Waals surface area contributed by atoms with E-state index >= 15 is 0 Å². The van der Waals surface area contributed by atoms with Gasteiger partial charge in [0, 0.05) is 18.7 Å². The van der Waals surface area contributed by atoms with Gasteiger partial charge in [-0.25, -0.2) is 13.2 Å². The number of carboxylic acids is 1. The number of amidine groups is 1. The number of nitrogen functional groups attached to an aromatic ring is 1. The third kappa shape index (κ3) is 7.58. The quantitative estimate of drug-likeness (QED) is 0.176. The van der Waals surface area contributed by atoms with Crippen LogP contribution in [0.3, 0.4) is 0 Å². The molecule has 212 valence electrons. The van der Waals surface area contributed by atoms with Crippen LogP contribution in [0.15, 0.2) is 59.0 Å². The van der Waals surface area contributed by atoms with Crippen LogP contribution in [0.4, 0.5) is 0 Å². The number of nitrogens with zero attached hydrogens (tertiary/aromatic N) is 1. The summed E-state index contributed by atoms with van der Waals surface area (Å²) in [4.78, 5) is 26.9. The van der Waals surface area contributed by atoms with Gasteiger partial charge in [-0.3, -0.25) is 10.2 Å². The van der Waals surface area contributed by atoms with Crippen molar-refractivity contribution >= 4 is 52.5 Å². The molecular weight excluding hydrogens is 565 g/mol. The van der Waals surface area contributed by atoms with E-state index in [1.165, 1.54) is 11.0 Å². The highest BCUT2D eigenvalue weighted by molar-refractivity contribution is 7.89. The van der Waals surface area contributed by atoms with Crippen LogP contribution in [-0.2, 0) is 39.0 Å². The van der Waals surface area contributed by atoms with Crippen molar-refractivity contribution in [3.05, 3.63) is 76.4 Å². The third-order valence-corrected chi connectivity index (χ3v) is 8.21. The van der Waals surface area contributed by atoms with Gasteiger partial charge in [0.2, 0.25) is 15.9 Å². The average molecular weight is 599 g/mol. The van der Waals surface area contributed by atoms with E-state index in [-0.39, 0.29) is 54.9 Å². The third-order valence-electron chi connectivity index (χ3n) is 6.74. The number of sulfonamides is 1. The minimum atomic E-state index is -4.13. The Kier molecular flexibility index (Phi) is 11.1. The van der Waals surface area contributed by atoms with Gasteiger partial charge in [0.1, 0.15) is 17.9 Å². The molecule has 2 aliphatic rings. The summed E-state index contributed by atoms with van der Waals surface area (Å²) < 4.78 is 29.5. The zero-order valence-electron chi connectivity index (χ0n) is 21.3. The van der Waals surface area contributed by atoms with Gasteiger partial charge in [-0.15, -0.1) is 24.8 Å². The molecule has 2 aliphatic heterocycles. The maximum Gasteiger partial charge on any atom is 0.326 e. The summed E-state index contributed by atoms with van der Waals surface area (Å²) in [6.07, 6.45) is 2.69. The van der Waals surface area contributed by atoms with Crippen LogP contribution in [-0.4, -0.2) is 61.3 Å². The minimum Gasteiger partial charge on any atom is -0.480 e. The van der Waals surface area contributed by atoms with Crippen molar-refractivity contribution in [1.82, 2.24) is 14.9 Å². The fraction of sp³-hybridized carbons (Fsp3) is 0.346. The van der Waals surface area contributed by atoms with E-state index in [4.69, 9.17) is 11.1 Å². The SMILES string of the molecule is CC1=CCN(C(=O)[C@H](Cc2cccc(C(=N)N)c2)NS(=O)(=O)c2ccc3c(c2)CNCC3)C(C(=O)O)C1.Cl.Cl. The van der Waals surface area contributed by atoms with Gasteiger partial charge in [0.05, 0.1) is 4.90 Å². The predicted octanol–water partition coefficient (Wildman–Crippen LogP) is 1.98. The average Bonchev–Trinajstić information content (AvgIpc) is 2.87. The van der Waals surface area contributed by atoms with Crippen molar-refractivity contribution in [2.24, 2.45) is 5.73 Å². The van der Waals surface area contributed by atoms with E-state index in [9.17, 15) is 23.1 Å². The predicted molar refractivity (Wildman–Crippen MR) is 153 cm³/mol. The summed E-state index contributed by atoms with van der Waals surface area (Å²) >= 11 is 0. The Morgan fingerprint density at radius 1 is 1.21 bits per heavy atom. The van der Waals surface area contributed by atoms with E-state index in [2.05, 4.69) is 10.0 Å². The van der Waals surface area contributed by atoms with Crippen molar-refractivity contribution in [2.45, 2.75) is 49.7 Å². The maximum absolute atomic E-state index is 13.7. The lowest BCUT2D eigenvalue weighted by molar-refractivity contribution is -0.150. The number of carbonyl (C=O) groups is 2. The van der Waals surface area contributed by atoms with Crippen LogP contribution >= 0.6 is 24.8 Å². The smallest absolute Gasteiger partial charge is 0.326 e. The standard InChI is InChI=1S/C26H31N5O5S.2ClH/c1-16-8-10-31(23(11-16)26(33)34)25(32)22(13-17-3-2-4-19(12-17)24(27)28)30-37(35,36)21-6-5-18-7-9-29-15-20(18)14-21;;/h2-6,8,12,14,22-23,29-30H,7,9-11,13,15H2,1H3,(H3,27,28)(H,33,34);2*1H/t22-,23?;;/m0../s1. The first kappa shape index (κ1) is 32.3. The first-order valence-corrected chi connectivity index (χ1v) is 13.5. The normalized spacial score (nSPS) is 17.5. The second-order valence-electron chi connectivity index (χ2n) is 9.45. The van der Waals surface area contributed by atoms with Crippen molar-refractivity contribution in [3.63, 3.8) is 0 Å². The topological polar surface area (TPSA) is 166 Å². The van der Waals surface area contributed by atoms with E-state index in [0.29, 0.717) is 17.7 Å². The zero-order valence-corrected chi connectivity index (χ0v) is 23.8. The molecule has 2 heterocycles. The highest BCUT2D eigenvalue weighted by atomic mass is 35.5. The number of carboxylic acid groups (broad SMARTS) is 1. The van der Waals surface area contributed by atoms with Crippen LogP contribution in [0, 0.1) is 5.41 Å². The molecule has 0 aliphatic carbocycles. The van der Waals surface area contributed by atoms with Gasteiger partial charge in [0.15, 0.2) is 0 Å². The number of amides is 1. The second-order valence-corrected chi connectivity index (χ2v) is 11.2. The zero-order chi connectivity index (χ0) is 26.7. The van der Waals surface area contributed by atoms with Crippen molar-refractivity contribution in [1.29, 1.82) is 5.41 Å². The number of aliphatic carboxylic acids is 1. The van der Waals surface area contributed by atoms with E-state index in [1.54, 1.807) is 49.4 Å². The summed E-state index contributed by atoms with van der Waals surface area (Å²) in [5, 5.41) is 20.7. The van der Waals surface area contributed by atoms with Crippen LogP contribution in [0.1, 0.15) is 35.6 Å².